The summed E-state index contributed by atoms with van der Waals surface area (Å²) in [6.45, 7) is 6.78. The van der Waals surface area contributed by atoms with Gasteiger partial charge in [0.05, 0.1) is 5.69 Å². The topological polar surface area (TPSA) is 74.2 Å². The van der Waals surface area contributed by atoms with Crippen LogP contribution in [0.1, 0.15) is 38.8 Å². The summed E-state index contributed by atoms with van der Waals surface area (Å²) < 4.78 is 0. The highest BCUT2D eigenvalue weighted by atomic mass is 32.1. The van der Waals surface area contributed by atoms with Crippen molar-refractivity contribution in [2.75, 3.05) is 18.5 Å². The van der Waals surface area contributed by atoms with Gasteiger partial charge in [0.25, 0.3) is 0 Å². The number of hydrogen-bond acceptors (Lipinski definition) is 4. The van der Waals surface area contributed by atoms with Gasteiger partial charge in [-0.1, -0.05) is 13.8 Å². The minimum atomic E-state index is -0.237. The summed E-state index contributed by atoms with van der Waals surface area (Å²) in [4.78, 5) is 16.0. The number of aryl methyl sites for hydroxylation is 1. The molecule has 0 saturated heterocycles. The molecule has 1 heterocycles. The Balaban J connectivity index is 2.47. The number of carbonyl (C=O) groups is 1. The van der Waals surface area contributed by atoms with Crippen molar-refractivity contribution in [2.24, 2.45) is 5.41 Å². The second-order valence-electron chi connectivity index (χ2n) is 4.78. The maximum absolute atomic E-state index is 11.8. The Morgan fingerprint density at radius 2 is 2.16 bits per heavy atom. The third kappa shape index (κ3) is 4.80. The molecule has 0 fully saturated rings. The van der Waals surface area contributed by atoms with Gasteiger partial charge >= 0.3 is 6.03 Å². The van der Waals surface area contributed by atoms with Gasteiger partial charge in [-0.2, -0.15) is 0 Å². The molecule has 0 bridgehead atoms. The van der Waals surface area contributed by atoms with E-state index < -0.39 is 0 Å². The first-order chi connectivity index (χ1) is 9.05. The zero-order valence-corrected chi connectivity index (χ0v) is 12.6. The Kier molecular flexibility index (Phi) is 6.24. The molecule has 3 N–H and O–H groups in total. The highest BCUT2D eigenvalue weighted by Gasteiger charge is 2.26. The van der Waals surface area contributed by atoms with Crippen LogP contribution < -0.4 is 10.6 Å². The highest BCUT2D eigenvalue weighted by molar-refractivity contribution is 7.13. The number of urea groups is 1. The van der Waals surface area contributed by atoms with Gasteiger partial charge in [0.15, 0.2) is 5.13 Å². The molecule has 5 nitrogen and oxygen atoms in total. The van der Waals surface area contributed by atoms with Gasteiger partial charge in [-0.05, 0) is 31.6 Å². The first-order valence-electron chi connectivity index (χ1n) is 6.63. The minimum absolute atomic E-state index is 0.0229. The molecule has 0 unspecified atom stereocenters. The van der Waals surface area contributed by atoms with Crippen LogP contribution in [0, 0.1) is 12.3 Å². The monoisotopic (exact) mass is 285 g/mol. The van der Waals surface area contributed by atoms with E-state index in [2.05, 4.69) is 29.5 Å². The number of amides is 2. The lowest BCUT2D eigenvalue weighted by Crippen LogP contribution is -2.39. The molecular weight excluding hydrogens is 262 g/mol. The van der Waals surface area contributed by atoms with Crippen LogP contribution in [0.5, 0.6) is 0 Å². The fourth-order valence-corrected chi connectivity index (χ4v) is 2.68. The molecular formula is C13H23N3O2S. The van der Waals surface area contributed by atoms with Gasteiger partial charge in [0.2, 0.25) is 0 Å². The number of anilines is 1. The smallest absolute Gasteiger partial charge is 0.321 e. The van der Waals surface area contributed by atoms with Crippen molar-refractivity contribution >= 4 is 22.5 Å². The van der Waals surface area contributed by atoms with Crippen molar-refractivity contribution < 1.29 is 9.90 Å². The number of thiazole rings is 1. The van der Waals surface area contributed by atoms with Crippen molar-refractivity contribution in [3.05, 3.63) is 11.1 Å². The van der Waals surface area contributed by atoms with E-state index >= 15 is 0 Å². The quantitative estimate of drug-likeness (QED) is 0.721. The summed E-state index contributed by atoms with van der Waals surface area (Å²) in [5, 5.41) is 17.2. The molecule has 0 aliphatic rings. The summed E-state index contributed by atoms with van der Waals surface area (Å²) in [6.07, 6.45) is 2.57. The average Bonchev–Trinajstić information content (AvgIpc) is 2.80. The van der Waals surface area contributed by atoms with E-state index in [1.807, 2.05) is 12.3 Å². The second-order valence-corrected chi connectivity index (χ2v) is 5.64. The number of aromatic nitrogens is 1. The normalized spacial score (nSPS) is 11.4. The molecule has 0 atom stereocenters. The standard InChI is InChI=1S/C13H23N3O2S/c1-4-13(5-2,6-7-17)9-14-11(18)16-12-15-10(3)8-19-12/h8,17H,4-7,9H2,1-3H3,(H2,14,15,16,18). The van der Waals surface area contributed by atoms with Crippen LogP contribution in [-0.2, 0) is 0 Å². The lowest BCUT2D eigenvalue weighted by molar-refractivity contribution is 0.165. The van der Waals surface area contributed by atoms with E-state index in [9.17, 15) is 4.79 Å². The third-order valence-corrected chi connectivity index (χ3v) is 4.48. The van der Waals surface area contributed by atoms with Crippen molar-refractivity contribution in [1.82, 2.24) is 10.3 Å². The maximum Gasteiger partial charge on any atom is 0.321 e. The summed E-state index contributed by atoms with van der Waals surface area (Å²) in [7, 11) is 0. The van der Waals surface area contributed by atoms with Gasteiger partial charge in [0, 0.05) is 18.5 Å². The molecule has 1 aromatic rings. The number of rotatable bonds is 7. The highest BCUT2D eigenvalue weighted by Crippen LogP contribution is 2.29. The Morgan fingerprint density at radius 3 is 2.63 bits per heavy atom. The van der Waals surface area contributed by atoms with E-state index in [1.165, 1.54) is 11.3 Å². The summed E-state index contributed by atoms with van der Waals surface area (Å²) in [5.41, 5.74) is 0.877. The van der Waals surface area contributed by atoms with Gasteiger partial charge in [-0.15, -0.1) is 11.3 Å². The summed E-state index contributed by atoms with van der Waals surface area (Å²) in [5.74, 6) is 0. The van der Waals surface area contributed by atoms with Crippen LogP contribution in [0.2, 0.25) is 0 Å². The Hall–Kier alpha value is -1.14. The van der Waals surface area contributed by atoms with Crippen LogP contribution in [0.25, 0.3) is 0 Å². The van der Waals surface area contributed by atoms with E-state index in [4.69, 9.17) is 5.11 Å². The van der Waals surface area contributed by atoms with Crippen molar-refractivity contribution in [3.8, 4) is 0 Å². The average molecular weight is 285 g/mol. The van der Waals surface area contributed by atoms with Crippen LogP contribution in [0.3, 0.4) is 0 Å². The third-order valence-electron chi connectivity index (χ3n) is 3.61. The molecule has 19 heavy (non-hydrogen) atoms. The largest absolute Gasteiger partial charge is 0.396 e. The van der Waals surface area contributed by atoms with E-state index in [0.717, 1.165) is 18.5 Å². The number of hydrogen-bond donors (Lipinski definition) is 3. The van der Waals surface area contributed by atoms with Crippen molar-refractivity contribution in [2.45, 2.75) is 40.0 Å². The summed E-state index contributed by atoms with van der Waals surface area (Å²) in [6, 6.07) is -0.237. The predicted molar refractivity (Wildman–Crippen MR) is 78.6 cm³/mol. The number of carbonyl (C=O) groups excluding carboxylic acids is 1. The molecule has 0 spiro atoms. The van der Waals surface area contributed by atoms with Crippen LogP contribution in [0.4, 0.5) is 9.93 Å². The molecule has 0 aliphatic carbocycles. The lowest BCUT2D eigenvalue weighted by Gasteiger charge is -2.31. The molecule has 0 aliphatic heterocycles. The zero-order valence-electron chi connectivity index (χ0n) is 11.8. The Bertz CT molecular complexity index is 402. The lowest BCUT2D eigenvalue weighted by atomic mass is 9.79. The van der Waals surface area contributed by atoms with Crippen LogP contribution >= 0.6 is 11.3 Å². The van der Waals surface area contributed by atoms with E-state index in [-0.39, 0.29) is 18.1 Å². The Labute approximate surface area is 118 Å². The van der Waals surface area contributed by atoms with Gasteiger partial charge in [-0.3, -0.25) is 5.32 Å². The number of aliphatic hydroxyl groups is 1. The fourth-order valence-electron chi connectivity index (χ4n) is 2.00. The maximum atomic E-state index is 11.8. The van der Waals surface area contributed by atoms with Crippen LogP contribution in [0.15, 0.2) is 5.38 Å². The molecule has 0 saturated carbocycles. The number of nitrogens with zero attached hydrogens (tertiary/aromatic N) is 1. The predicted octanol–water partition coefficient (Wildman–Crippen LogP) is 2.76. The molecule has 0 aromatic carbocycles. The first-order valence-corrected chi connectivity index (χ1v) is 7.51. The van der Waals surface area contributed by atoms with E-state index in [0.29, 0.717) is 18.1 Å². The van der Waals surface area contributed by atoms with Crippen molar-refractivity contribution in [1.29, 1.82) is 0 Å². The van der Waals surface area contributed by atoms with Crippen molar-refractivity contribution in [3.63, 3.8) is 0 Å². The molecule has 1 rings (SSSR count). The van der Waals surface area contributed by atoms with Crippen LogP contribution in [-0.4, -0.2) is 29.3 Å². The zero-order chi connectivity index (χ0) is 14.3. The molecule has 108 valence electrons. The minimum Gasteiger partial charge on any atom is -0.396 e. The SMILES string of the molecule is CCC(CC)(CCO)CNC(=O)Nc1nc(C)cs1. The van der Waals surface area contributed by atoms with E-state index in [1.54, 1.807) is 0 Å². The molecule has 6 heteroatoms. The summed E-state index contributed by atoms with van der Waals surface area (Å²) >= 11 is 1.41. The van der Waals surface area contributed by atoms with Gasteiger partial charge < -0.3 is 10.4 Å². The second kappa shape index (κ2) is 7.45. The fraction of sp³-hybridized carbons (Fsp3) is 0.692. The molecule has 2 amide bonds. The Morgan fingerprint density at radius 1 is 1.47 bits per heavy atom. The first kappa shape index (κ1) is 15.9. The number of nitrogens with one attached hydrogen (secondary N) is 2. The molecule has 1 aromatic heterocycles. The molecule has 0 radical (unpaired) electrons. The van der Waals surface area contributed by atoms with Gasteiger partial charge in [0.1, 0.15) is 0 Å². The van der Waals surface area contributed by atoms with Gasteiger partial charge in [-0.25, -0.2) is 9.78 Å². The number of aliphatic hydroxyl groups excluding tert-OH is 1.